The van der Waals surface area contributed by atoms with Crippen LogP contribution in [0.1, 0.15) is 27.0 Å². The summed E-state index contributed by atoms with van der Waals surface area (Å²) >= 11 is 7.48. The van der Waals surface area contributed by atoms with Crippen molar-refractivity contribution >= 4 is 55.6 Å². The molecule has 0 bridgehead atoms. The van der Waals surface area contributed by atoms with Crippen LogP contribution in [0.3, 0.4) is 0 Å². The zero-order chi connectivity index (χ0) is 25.9. The molecule has 5 aromatic rings. The summed E-state index contributed by atoms with van der Waals surface area (Å²) < 4.78 is 0.688. The number of hydrogen-bond acceptors (Lipinski definition) is 6. The van der Waals surface area contributed by atoms with Crippen LogP contribution in [-0.4, -0.2) is 10.9 Å². The Balaban J connectivity index is 1.68. The number of hydrogen-bond donors (Lipinski definition) is 3. The van der Waals surface area contributed by atoms with E-state index in [1.165, 1.54) is 11.3 Å². The maximum absolute atomic E-state index is 13.6. The van der Waals surface area contributed by atoms with Crippen LogP contribution in [0.5, 0.6) is 0 Å². The third-order valence-corrected chi connectivity index (χ3v) is 7.29. The molecule has 182 valence electrons. The molecular formula is C29H22ClN5OS. The number of rotatable bonds is 6. The van der Waals surface area contributed by atoms with E-state index < -0.39 is 0 Å². The van der Waals surface area contributed by atoms with Gasteiger partial charge in [0.05, 0.1) is 10.2 Å². The molecule has 37 heavy (non-hydrogen) atoms. The second-order valence-corrected chi connectivity index (χ2v) is 9.97. The summed E-state index contributed by atoms with van der Waals surface area (Å²) in [4.78, 5) is 18.2. The zero-order valence-corrected chi connectivity index (χ0v) is 21.5. The largest absolute Gasteiger partial charge is 0.383 e. The standard InChI is InChI=1S/C29H22ClN5OS/c1-17-7-13-21(14-8-17)34-29-24(28(36)33-16-18-5-3-2-4-6-18)25-26(37-29)23(22(15-31)27(32)35-25)19-9-11-20(30)12-10-19/h2-14,34H,16H2,1H3,(H2,32,35)(H,33,36). The van der Waals surface area contributed by atoms with Crippen LogP contribution < -0.4 is 16.4 Å². The second kappa shape index (κ2) is 10.3. The number of nitrogens with one attached hydrogen (secondary N) is 2. The SMILES string of the molecule is Cc1ccc(Nc2sc3c(-c4ccc(Cl)cc4)c(C#N)c(N)nc3c2C(=O)NCc2ccccc2)cc1. The van der Waals surface area contributed by atoms with Crippen molar-refractivity contribution < 1.29 is 4.79 Å². The van der Waals surface area contributed by atoms with Crippen LogP contribution in [0.25, 0.3) is 21.3 Å². The monoisotopic (exact) mass is 523 g/mol. The number of anilines is 3. The second-order valence-electron chi connectivity index (χ2n) is 8.51. The summed E-state index contributed by atoms with van der Waals surface area (Å²) in [5, 5.41) is 17.5. The van der Waals surface area contributed by atoms with E-state index in [2.05, 4.69) is 21.7 Å². The topological polar surface area (TPSA) is 104 Å². The van der Waals surface area contributed by atoms with Gasteiger partial charge in [0.15, 0.2) is 0 Å². The lowest BCUT2D eigenvalue weighted by Crippen LogP contribution is -2.23. The van der Waals surface area contributed by atoms with Gasteiger partial charge in [-0.2, -0.15) is 5.26 Å². The molecule has 6 nitrogen and oxygen atoms in total. The van der Waals surface area contributed by atoms with E-state index in [1.54, 1.807) is 12.1 Å². The average molecular weight is 524 g/mol. The van der Waals surface area contributed by atoms with E-state index in [0.717, 1.165) is 22.4 Å². The maximum atomic E-state index is 13.6. The third-order valence-electron chi connectivity index (χ3n) is 5.93. The quantitative estimate of drug-likeness (QED) is 0.221. The van der Waals surface area contributed by atoms with E-state index in [9.17, 15) is 10.1 Å². The summed E-state index contributed by atoms with van der Waals surface area (Å²) in [5.41, 5.74) is 11.7. The van der Waals surface area contributed by atoms with Crippen molar-refractivity contribution in [3.63, 3.8) is 0 Å². The first-order chi connectivity index (χ1) is 17.9. The Kier molecular flexibility index (Phi) is 6.78. The van der Waals surface area contributed by atoms with Gasteiger partial charge in [0.2, 0.25) is 0 Å². The summed E-state index contributed by atoms with van der Waals surface area (Å²) in [6, 6.07) is 26.9. The Hall–Kier alpha value is -4.38. The Labute approximate surface area is 223 Å². The molecule has 0 aliphatic carbocycles. The number of amides is 1. The molecular weight excluding hydrogens is 502 g/mol. The van der Waals surface area contributed by atoms with Gasteiger partial charge in [-0.25, -0.2) is 4.98 Å². The van der Waals surface area contributed by atoms with Crippen LogP contribution in [0.2, 0.25) is 5.02 Å². The fourth-order valence-electron chi connectivity index (χ4n) is 4.05. The fraction of sp³-hybridized carbons (Fsp3) is 0.0690. The lowest BCUT2D eigenvalue weighted by Gasteiger charge is -2.10. The van der Waals surface area contributed by atoms with E-state index >= 15 is 0 Å². The molecule has 0 atom stereocenters. The van der Waals surface area contributed by atoms with Gasteiger partial charge in [-0.3, -0.25) is 4.79 Å². The Morgan fingerprint density at radius 3 is 2.43 bits per heavy atom. The van der Waals surface area contributed by atoms with Gasteiger partial charge in [-0.05, 0) is 42.3 Å². The van der Waals surface area contributed by atoms with Crippen LogP contribution in [0, 0.1) is 18.3 Å². The van der Waals surface area contributed by atoms with Crippen molar-refractivity contribution in [2.75, 3.05) is 11.1 Å². The van der Waals surface area contributed by atoms with E-state index in [4.69, 9.17) is 17.3 Å². The van der Waals surface area contributed by atoms with Gasteiger partial charge < -0.3 is 16.4 Å². The molecule has 0 fully saturated rings. The molecule has 5 rings (SSSR count). The molecule has 0 aliphatic heterocycles. The lowest BCUT2D eigenvalue weighted by atomic mass is 10.00. The van der Waals surface area contributed by atoms with Crippen molar-refractivity contribution in [3.05, 3.63) is 106 Å². The van der Waals surface area contributed by atoms with Crippen molar-refractivity contribution in [3.8, 4) is 17.2 Å². The van der Waals surface area contributed by atoms with Gasteiger partial charge in [-0.15, -0.1) is 11.3 Å². The number of aromatic nitrogens is 1. The predicted molar refractivity (Wildman–Crippen MR) is 151 cm³/mol. The molecule has 1 amide bonds. The van der Waals surface area contributed by atoms with Crippen molar-refractivity contribution in [1.29, 1.82) is 5.26 Å². The van der Waals surface area contributed by atoms with Crippen molar-refractivity contribution in [1.82, 2.24) is 10.3 Å². The Morgan fingerprint density at radius 1 is 1.05 bits per heavy atom. The molecule has 0 saturated heterocycles. The highest BCUT2D eigenvalue weighted by molar-refractivity contribution is 7.24. The molecule has 0 aliphatic rings. The number of nitrogen functional groups attached to an aromatic ring is 1. The molecule has 2 heterocycles. The molecule has 2 aromatic heterocycles. The number of nitrogens with two attached hydrogens (primary N) is 1. The molecule has 0 unspecified atom stereocenters. The zero-order valence-electron chi connectivity index (χ0n) is 19.9. The van der Waals surface area contributed by atoms with E-state index in [1.807, 2.05) is 73.7 Å². The van der Waals surface area contributed by atoms with E-state index in [-0.39, 0.29) is 17.3 Å². The van der Waals surface area contributed by atoms with Gasteiger partial charge in [0, 0.05) is 22.8 Å². The minimum absolute atomic E-state index is 0.0664. The molecule has 8 heteroatoms. The predicted octanol–water partition coefficient (Wildman–Crippen LogP) is 7.05. The van der Waals surface area contributed by atoms with Gasteiger partial charge in [-0.1, -0.05) is 71.8 Å². The van der Waals surface area contributed by atoms with Crippen LogP contribution in [-0.2, 0) is 6.54 Å². The Morgan fingerprint density at radius 2 is 1.76 bits per heavy atom. The number of pyridine rings is 1. The number of carbonyl (C=O) groups excluding carboxylic acids is 1. The first-order valence-electron chi connectivity index (χ1n) is 11.5. The highest BCUT2D eigenvalue weighted by Crippen LogP contribution is 2.44. The summed E-state index contributed by atoms with van der Waals surface area (Å²) in [6.07, 6.45) is 0. The van der Waals surface area contributed by atoms with E-state index in [0.29, 0.717) is 37.9 Å². The molecule has 3 aromatic carbocycles. The van der Waals surface area contributed by atoms with Crippen LogP contribution in [0.4, 0.5) is 16.5 Å². The first kappa shape index (κ1) is 24.3. The number of nitriles is 1. The fourth-order valence-corrected chi connectivity index (χ4v) is 5.41. The lowest BCUT2D eigenvalue weighted by molar-refractivity contribution is 0.0953. The van der Waals surface area contributed by atoms with Crippen LogP contribution in [0.15, 0.2) is 78.9 Å². The molecule has 0 saturated carbocycles. The minimum Gasteiger partial charge on any atom is -0.383 e. The number of benzene rings is 3. The molecule has 0 spiro atoms. The van der Waals surface area contributed by atoms with Crippen molar-refractivity contribution in [2.24, 2.45) is 0 Å². The average Bonchev–Trinajstić information content (AvgIpc) is 3.26. The smallest absolute Gasteiger partial charge is 0.256 e. The summed E-state index contributed by atoms with van der Waals surface area (Å²) in [5.74, 6) is -0.222. The maximum Gasteiger partial charge on any atom is 0.256 e. The number of thiophene rings is 1. The van der Waals surface area contributed by atoms with Crippen LogP contribution >= 0.6 is 22.9 Å². The van der Waals surface area contributed by atoms with Gasteiger partial charge >= 0.3 is 0 Å². The normalized spacial score (nSPS) is 10.7. The third kappa shape index (κ3) is 4.98. The summed E-state index contributed by atoms with van der Waals surface area (Å²) in [6.45, 7) is 2.37. The highest BCUT2D eigenvalue weighted by Gasteiger charge is 2.26. The number of halogens is 1. The van der Waals surface area contributed by atoms with Gasteiger partial charge in [0.1, 0.15) is 28.0 Å². The molecule has 4 N–H and O–H groups in total. The minimum atomic E-state index is -0.289. The summed E-state index contributed by atoms with van der Waals surface area (Å²) in [7, 11) is 0. The highest BCUT2D eigenvalue weighted by atomic mass is 35.5. The number of carbonyl (C=O) groups is 1. The van der Waals surface area contributed by atoms with Crippen molar-refractivity contribution in [2.45, 2.75) is 13.5 Å². The molecule has 0 radical (unpaired) electrons. The number of aryl methyl sites for hydroxylation is 1. The number of fused-ring (bicyclic) bond motifs is 1. The number of nitrogens with zero attached hydrogens (tertiary/aromatic N) is 2. The van der Waals surface area contributed by atoms with Gasteiger partial charge in [0.25, 0.3) is 5.91 Å². The first-order valence-corrected chi connectivity index (χ1v) is 12.7. The Bertz CT molecular complexity index is 1640.